The number of alkyl carbamates (subject to hydrolysis) is 1. The zero-order valence-electron chi connectivity index (χ0n) is 13.4. The Balaban J connectivity index is 1.98. The minimum atomic E-state index is -3.76. The van der Waals surface area contributed by atoms with Crippen LogP contribution >= 0.6 is 23.2 Å². The van der Waals surface area contributed by atoms with Crippen LogP contribution in [0.5, 0.6) is 0 Å². The number of carbonyl (C=O) groups is 2. The number of imide groups is 1. The van der Waals surface area contributed by atoms with Gasteiger partial charge >= 0.3 is 6.09 Å². The van der Waals surface area contributed by atoms with Crippen molar-refractivity contribution in [3.63, 3.8) is 0 Å². The van der Waals surface area contributed by atoms with Crippen molar-refractivity contribution in [2.45, 2.75) is 4.90 Å². The van der Waals surface area contributed by atoms with Crippen LogP contribution in [0, 0.1) is 0 Å². The van der Waals surface area contributed by atoms with Gasteiger partial charge in [0.05, 0.1) is 43.3 Å². The van der Waals surface area contributed by atoms with E-state index in [0.29, 0.717) is 13.1 Å². The van der Waals surface area contributed by atoms with Crippen molar-refractivity contribution in [1.82, 2.24) is 9.62 Å². The lowest BCUT2D eigenvalue weighted by atomic mass is 10.3. The highest BCUT2D eigenvalue weighted by Gasteiger charge is 2.33. The number of methoxy groups -OCH3 is 1. The normalized spacial score (nSPS) is 16.4. The van der Waals surface area contributed by atoms with Gasteiger partial charge in [0, 0.05) is 0 Å². The molecule has 0 unspecified atom stereocenters. The maximum atomic E-state index is 12.7. The first-order valence-corrected chi connectivity index (χ1v) is 9.61. The molecule has 138 valence electrons. The van der Waals surface area contributed by atoms with Crippen LogP contribution in [0.15, 0.2) is 23.1 Å². The van der Waals surface area contributed by atoms with Crippen LogP contribution in [0.25, 0.3) is 0 Å². The SMILES string of the molecule is COC(=O)NC(=O)C[NH+]1CCN(S(=O)(=O)c2cccc(Cl)c2Cl)CC1. The molecule has 11 heteroatoms. The Morgan fingerprint density at radius 2 is 1.92 bits per heavy atom. The number of hydrogen-bond donors (Lipinski definition) is 2. The van der Waals surface area contributed by atoms with Gasteiger partial charge in [0.1, 0.15) is 4.90 Å². The van der Waals surface area contributed by atoms with E-state index in [4.69, 9.17) is 23.2 Å². The van der Waals surface area contributed by atoms with Gasteiger partial charge in [0.25, 0.3) is 5.91 Å². The van der Waals surface area contributed by atoms with Crippen molar-refractivity contribution in [1.29, 1.82) is 0 Å². The molecule has 0 atom stereocenters. The summed E-state index contributed by atoms with van der Waals surface area (Å²) in [4.78, 5) is 23.5. The summed E-state index contributed by atoms with van der Waals surface area (Å²) in [5, 5.41) is 2.24. The number of hydrogen-bond acceptors (Lipinski definition) is 5. The molecule has 2 rings (SSSR count). The first kappa shape index (κ1) is 19.9. The summed E-state index contributed by atoms with van der Waals surface area (Å²) in [6, 6.07) is 4.46. The van der Waals surface area contributed by atoms with Gasteiger partial charge in [-0.3, -0.25) is 10.1 Å². The van der Waals surface area contributed by atoms with Crippen molar-refractivity contribution in [2.24, 2.45) is 0 Å². The Bertz CT molecular complexity index is 764. The number of carbonyl (C=O) groups excluding carboxylic acids is 2. The van der Waals surface area contributed by atoms with Crippen molar-refractivity contribution in [3.05, 3.63) is 28.2 Å². The number of nitrogens with one attached hydrogen (secondary N) is 2. The number of quaternary nitrogens is 1. The zero-order valence-corrected chi connectivity index (χ0v) is 15.7. The molecule has 1 heterocycles. The molecule has 1 aromatic rings. The zero-order chi connectivity index (χ0) is 18.6. The molecule has 1 aliphatic heterocycles. The molecule has 2 amide bonds. The summed E-state index contributed by atoms with van der Waals surface area (Å²) in [5.74, 6) is -0.476. The molecule has 1 saturated heterocycles. The molecule has 0 radical (unpaired) electrons. The third kappa shape index (κ3) is 4.83. The van der Waals surface area contributed by atoms with E-state index in [1.165, 1.54) is 29.6 Å². The Kier molecular flexibility index (Phi) is 6.64. The van der Waals surface area contributed by atoms with E-state index < -0.39 is 22.0 Å². The Hall–Kier alpha value is -1.39. The average molecular weight is 411 g/mol. The number of rotatable bonds is 4. The Morgan fingerprint density at radius 3 is 2.52 bits per heavy atom. The van der Waals surface area contributed by atoms with Crippen LogP contribution in [-0.4, -0.2) is 64.6 Å². The molecule has 0 bridgehead atoms. The van der Waals surface area contributed by atoms with E-state index in [0.717, 1.165) is 4.90 Å². The quantitative estimate of drug-likeness (QED) is 0.713. The molecule has 1 fully saturated rings. The topological polar surface area (TPSA) is 97.2 Å². The third-order valence-electron chi connectivity index (χ3n) is 3.80. The number of benzene rings is 1. The monoisotopic (exact) mass is 410 g/mol. The molecule has 1 aromatic carbocycles. The summed E-state index contributed by atoms with van der Waals surface area (Å²) < 4.78 is 31.1. The van der Waals surface area contributed by atoms with Crippen LogP contribution in [-0.2, 0) is 19.6 Å². The fraction of sp³-hybridized carbons (Fsp3) is 0.429. The molecule has 0 spiro atoms. The van der Waals surface area contributed by atoms with E-state index >= 15 is 0 Å². The second kappa shape index (κ2) is 8.33. The van der Waals surface area contributed by atoms with Gasteiger partial charge in [-0.05, 0) is 12.1 Å². The number of halogens is 2. The molecule has 0 saturated carbocycles. The minimum Gasteiger partial charge on any atom is -0.453 e. The maximum absolute atomic E-state index is 12.7. The predicted octanol–water partition coefficient (Wildman–Crippen LogP) is -0.235. The molecular weight excluding hydrogens is 393 g/mol. The van der Waals surface area contributed by atoms with E-state index in [1.807, 2.05) is 0 Å². The standard InChI is InChI=1S/C14H17Cl2N3O5S/c1-24-14(21)17-12(20)9-18-5-7-19(8-6-18)25(22,23)11-4-2-3-10(15)13(11)16/h2-4H,5-9H2,1H3,(H,17,20,21)/p+1. The first-order valence-electron chi connectivity index (χ1n) is 7.41. The van der Waals surface area contributed by atoms with Gasteiger partial charge in [-0.15, -0.1) is 0 Å². The lowest BCUT2D eigenvalue weighted by molar-refractivity contribution is -0.895. The minimum absolute atomic E-state index is 0.00333. The van der Waals surface area contributed by atoms with Crippen LogP contribution in [0.2, 0.25) is 10.0 Å². The second-order valence-electron chi connectivity index (χ2n) is 5.42. The fourth-order valence-corrected chi connectivity index (χ4v) is 4.66. The number of piperazine rings is 1. The Morgan fingerprint density at radius 1 is 1.28 bits per heavy atom. The highest BCUT2D eigenvalue weighted by molar-refractivity contribution is 7.89. The van der Waals surface area contributed by atoms with Crippen molar-refractivity contribution < 1.29 is 27.6 Å². The second-order valence-corrected chi connectivity index (χ2v) is 8.11. The number of nitrogens with zero attached hydrogens (tertiary/aromatic N) is 1. The maximum Gasteiger partial charge on any atom is 0.413 e. The summed E-state index contributed by atoms with van der Waals surface area (Å²) in [5.41, 5.74) is 0. The van der Waals surface area contributed by atoms with Gasteiger partial charge in [-0.2, -0.15) is 4.31 Å². The number of amides is 2. The molecule has 1 aliphatic rings. The molecule has 25 heavy (non-hydrogen) atoms. The number of ether oxygens (including phenoxy) is 1. The van der Waals surface area contributed by atoms with E-state index in [-0.39, 0.29) is 34.6 Å². The van der Waals surface area contributed by atoms with E-state index in [1.54, 1.807) is 0 Å². The number of sulfonamides is 1. The molecular formula is C14H18Cl2N3O5S+. The summed E-state index contributed by atoms with van der Waals surface area (Å²) >= 11 is 11.9. The fourth-order valence-electron chi connectivity index (χ4n) is 2.48. The molecule has 0 aromatic heterocycles. The van der Waals surface area contributed by atoms with E-state index in [2.05, 4.69) is 10.1 Å². The van der Waals surface area contributed by atoms with Gasteiger partial charge in [0.2, 0.25) is 10.0 Å². The highest BCUT2D eigenvalue weighted by Crippen LogP contribution is 2.30. The third-order valence-corrected chi connectivity index (χ3v) is 6.67. The summed E-state index contributed by atoms with van der Waals surface area (Å²) in [6.07, 6.45) is -0.818. The van der Waals surface area contributed by atoms with Gasteiger partial charge in [0.15, 0.2) is 6.54 Å². The van der Waals surface area contributed by atoms with Crippen molar-refractivity contribution >= 4 is 45.2 Å². The van der Waals surface area contributed by atoms with Crippen LogP contribution in [0.1, 0.15) is 0 Å². The van der Waals surface area contributed by atoms with Gasteiger partial charge < -0.3 is 9.64 Å². The molecule has 8 nitrogen and oxygen atoms in total. The largest absolute Gasteiger partial charge is 0.453 e. The smallest absolute Gasteiger partial charge is 0.413 e. The molecule has 0 aliphatic carbocycles. The van der Waals surface area contributed by atoms with Gasteiger partial charge in [-0.1, -0.05) is 29.3 Å². The van der Waals surface area contributed by atoms with Crippen LogP contribution in [0.4, 0.5) is 4.79 Å². The lowest BCUT2D eigenvalue weighted by Gasteiger charge is -2.31. The van der Waals surface area contributed by atoms with Crippen LogP contribution < -0.4 is 10.2 Å². The van der Waals surface area contributed by atoms with Crippen LogP contribution in [0.3, 0.4) is 0 Å². The summed E-state index contributed by atoms with van der Waals surface area (Å²) in [6.45, 7) is 1.36. The van der Waals surface area contributed by atoms with Crippen molar-refractivity contribution in [2.75, 3.05) is 39.8 Å². The van der Waals surface area contributed by atoms with Gasteiger partial charge in [-0.25, -0.2) is 13.2 Å². The Labute approximate surface area is 155 Å². The first-order chi connectivity index (χ1) is 11.8. The highest BCUT2D eigenvalue weighted by atomic mass is 35.5. The van der Waals surface area contributed by atoms with Crippen molar-refractivity contribution in [3.8, 4) is 0 Å². The van der Waals surface area contributed by atoms with E-state index in [9.17, 15) is 18.0 Å². The molecule has 2 N–H and O–H groups in total. The lowest BCUT2D eigenvalue weighted by Crippen LogP contribution is -3.15. The average Bonchev–Trinajstić information content (AvgIpc) is 2.57. The summed E-state index contributed by atoms with van der Waals surface area (Å²) in [7, 11) is -2.59. The predicted molar refractivity (Wildman–Crippen MR) is 91.3 cm³/mol.